The number of carboxylic acid groups (broad SMARTS) is 1. The van der Waals surface area contributed by atoms with Crippen LogP contribution in [0, 0.1) is 5.92 Å². The molecule has 0 aliphatic heterocycles. The molecule has 0 radical (unpaired) electrons. The molecular weight excluding hydrogens is 258 g/mol. The summed E-state index contributed by atoms with van der Waals surface area (Å²) in [6, 6.07) is 7.23. The van der Waals surface area contributed by atoms with E-state index >= 15 is 0 Å². The third kappa shape index (κ3) is 3.36. The molecule has 5 heteroatoms. The monoisotopic (exact) mass is 277 g/mol. The van der Waals surface area contributed by atoms with Crippen molar-refractivity contribution < 1.29 is 19.4 Å². The summed E-state index contributed by atoms with van der Waals surface area (Å²) in [7, 11) is 1.59. The Labute approximate surface area is 117 Å². The number of carbonyl (C=O) groups excluding carboxylic acids is 1. The number of carbonyl (C=O) groups is 2. The van der Waals surface area contributed by atoms with Gasteiger partial charge in [0.25, 0.3) is 5.91 Å². The van der Waals surface area contributed by atoms with Crippen LogP contribution in [0.1, 0.15) is 35.2 Å². The maximum absolute atomic E-state index is 12.3. The van der Waals surface area contributed by atoms with Crippen LogP contribution in [0.3, 0.4) is 0 Å². The number of nitrogens with one attached hydrogen (secondary N) is 1. The van der Waals surface area contributed by atoms with Gasteiger partial charge in [-0.2, -0.15) is 0 Å². The van der Waals surface area contributed by atoms with Crippen LogP contribution in [0.25, 0.3) is 0 Å². The SMILES string of the molecule is COCc1ccccc1C(=O)NC1CCC(C(=O)O)C1. The third-order valence-corrected chi connectivity index (χ3v) is 3.68. The molecule has 108 valence electrons. The lowest BCUT2D eigenvalue weighted by Gasteiger charge is -2.14. The van der Waals surface area contributed by atoms with Gasteiger partial charge in [-0.05, 0) is 30.9 Å². The molecule has 2 unspecified atom stereocenters. The molecular formula is C15H19NO4. The lowest BCUT2D eigenvalue weighted by atomic mass is 10.1. The molecule has 1 amide bonds. The van der Waals surface area contributed by atoms with E-state index in [1.807, 2.05) is 18.2 Å². The van der Waals surface area contributed by atoms with Crippen molar-refractivity contribution in [2.75, 3.05) is 7.11 Å². The molecule has 1 aliphatic rings. The Morgan fingerprint density at radius 1 is 1.35 bits per heavy atom. The van der Waals surface area contributed by atoms with Crippen LogP contribution >= 0.6 is 0 Å². The zero-order chi connectivity index (χ0) is 14.5. The summed E-state index contributed by atoms with van der Waals surface area (Å²) >= 11 is 0. The first-order chi connectivity index (χ1) is 9.61. The molecule has 2 rings (SSSR count). The fourth-order valence-electron chi connectivity index (χ4n) is 2.62. The second kappa shape index (κ2) is 6.52. The van der Waals surface area contributed by atoms with Gasteiger partial charge in [0, 0.05) is 18.7 Å². The van der Waals surface area contributed by atoms with E-state index < -0.39 is 5.97 Å². The zero-order valence-corrected chi connectivity index (χ0v) is 11.5. The maximum atomic E-state index is 12.3. The Hall–Kier alpha value is -1.88. The minimum atomic E-state index is -0.776. The molecule has 0 heterocycles. The van der Waals surface area contributed by atoms with Crippen molar-refractivity contribution in [2.45, 2.75) is 31.9 Å². The first kappa shape index (κ1) is 14.5. The summed E-state index contributed by atoms with van der Waals surface area (Å²) in [5.74, 6) is -1.27. The number of amides is 1. The Bertz CT molecular complexity index is 500. The van der Waals surface area contributed by atoms with Gasteiger partial charge in [0.15, 0.2) is 0 Å². The van der Waals surface area contributed by atoms with E-state index in [0.29, 0.717) is 25.0 Å². The lowest BCUT2D eigenvalue weighted by Crippen LogP contribution is -2.34. The molecule has 0 bridgehead atoms. The van der Waals surface area contributed by atoms with Gasteiger partial charge < -0.3 is 15.2 Å². The van der Waals surface area contributed by atoms with Crippen molar-refractivity contribution in [3.8, 4) is 0 Å². The highest BCUT2D eigenvalue weighted by Gasteiger charge is 2.30. The highest BCUT2D eigenvalue weighted by atomic mass is 16.5. The normalized spacial score (nSPS) is 21.6. The molecule has 1 fully saturated rings. The van der Waals surface area contributed by atoms with E-state index in [1.165, 1.54) is 0 Å². The van der Waals surface area contributed by atoms with Crippen molar-refractivity contribution in [3.63, 3.8) is 0 Å². The van der Waals surface area contributed by atoms with E-state index in [9.17, 15) is 9.59 Å². The van der Waals surface area contributed by atoms with Crippen LogP contribution in [0.2, 0.25) is 0 Å². The van der Waals surface area contributed by atoms with E-state index in [0.717, 1.165) is 12.0 Å². The number of benzene rings is 1. The minimum Gasteiger partial charge on any atom is -0.481 e. The van der Waals surface area contributed by atoms with Crippen molar-refractivity contribution in [2.24, 2.45) is 5.92 Å². The Morgan fingerprint density at radius 2 is 2.10 bits per heavy atom. The second-order valence-corrected chi connectivity index (χ2v) is 5.11. The Kier molecular flexibility index (Phi) is 4.74. The third-order valence-electron chi connectivity index (χ3n) is 3.68. The predicted octanol–water partition coefficient (Wildman–Crippen LogP) is 1.82. The molecule has 1 aliphatic carbocycles. The molecule has 2 atom stereocenters. The first-order valence-electron chi connectivity index (χ1n) is 6.72. The Morgan fingerprint density at radius 3 is 2.75 bits per heavy atom. The number of rotatable bonds is 5. The van der Waals surface area contributed by atoms with Crippen molar-refractivity contribution in [3.05, 3.63) is 35.4 Å². The number of aliphatic carboxylic acids is 1. The Balaban J connectivity index is 2.01. The topological polar surface area (TPSA) is 75.6 Å². The van der Waals surface area contributed by atoms with Gasteiger partial charge in [0.2, 0.25) is 0 Å². The van der Waals surface area contributed by atoms with Gasteiger partial charge in [-0.25, -0.2) is 0 Å². The summed E-state index contributed by atoms with van der Waals surface area (Å²) in [6.07, 6.45) is 1.85. The van der Waals surface area contributed by atoms with Crippen LogP contribution in [0.4, 0.5) is 0 Å². The summed E-state index contributed by atoms with van der Waals surface area (Å²) in [6.45, 7) is 0.381. The van der Waals surface area contributed by atoms with Crippen molar-refractivity contribution >= 4 is 11.9 Å². The molecule has 0 spiro atoms. The lowest BCUT2D eigenvalue weighted by molar-refractivity contribution is -0.141. The van der Waals surface area contributed by atoms with Gasteiger partial charge in [-0.3, -0.25) is 9.59 Å². The second-order valence-electron chi connectivity index (χ2n) is 5.11. The first-order valence-corrected chi connectivity index (χ1v) is 6.72. The molecule has 0 aromatic heterocycles. The summed E-state index contributed by atoms with van der Waals surface area (Å²) < 4.78 is 5.08. The molecule has 1 saturated carbocycles. The van der Waals surface area contributed by atoms with Crippen LogP contribution in [-0.4, -0.2) is 30.1 Å². The predicted molar refractivity (Wildman–Crippen MR) is 73.4 cm³/mol. The largest absolute Gasteiger partial charge is 0.481 e. The number of hydrogen-bond acceptors (Lipinski definition) is 3. The molecule has 20 heavy (non-hydrogen) atoms. The number of ether oxygens (including phenoxy) is 1. The maximum Gasteiger partial charge on any atom is 0.306 e. The molecule has 5 nitrogen and oxygen atoms in total. The smallest absolute Gasteiger partial charge is 0.306 e. The molecule has 1 aromatic rings. The summed E-state index contributed by atoms with van der Waals surface area (Å²) in [4.78, 5) is 23.2. The van der Waals surface area contributed by atoms with Gasteiger partial charge in [0.05, 0.1) is 12.5 Å². The van der Waals surface area contributed by atoms with E-state index in [2.05, 4.69) is 5.32 Å². The van der Waals surface area contributed by atoms with Crippen LogP contribution in [-0.2, 0) is 16.1 Å². The summed E-state index contributed by atoms with van der Waals surface area (Å²) in [5, 5.41) is 11.9. The highest BCUT2D eigenvalue weighted by molar-refractivity contribution is 5.95. The zero-order valence-electron chi connectivity index (χ0n) is 11.5. The number of methoxy groups -OCH3 is 1. The molecule has 0 saturated heterocycles. The van der Waals surface area contributed by atoms with Gasteiger partial charge in [-0.15, -0.1) is 0 Å². The van der Waals surface area contributed by atoms with Gasteiger partial charge in [0.1, 0.15) is 0 Å². The average molecular weight is 277 g/mol. The number of carboxylic acids is 1. The highest BCUT2D eigenvalue weighted by Crippen LogP contribution is 2.26. The molecule has 1 aromatic carbocycles. The minimum absolute atomic E-state index is 0.0563. The summed E-state index contributed by atoms with van der Waals surface area (Å²) in [5.41, 5.74) is 1.42. The van der Waals surface area contributed by atoms with Crippen LogP contribution < -0.4 is 5.32 Å². The van der Waals surface area contributed by atoms with Gasteiger partial charge in [-0.1, -0.05) is 18.2 Å². The quantitative estimate of drug-likeness (QED) is 0.860. The van der Waals surface area contributed by atoms with Crippen LogP contribution in [0.15, 0.2) is 24.3 Å². The van der Waals surface area contributed by atoms with E-state index in [-0.39, 0.29) is 17.9 Å². The van der Waals surface area contributed by atoms with E-state index in [4.69, 9.17) is 9.84 Å². The standard InChI is InChI=1S/C15H19NO4/c1-20-9-11-4-2-3-5-13(11)14(17)16-12-7-6-10(8-12)15(18)19/h2-5,10,12H,6-9H2,1H3,(H,16,17)(H,18,19). The average Bonchev–Trinajstić information content (AvgIpc) is 2.88. The fraction of sp³-hybridized carbons (Fsp3) is 0.467. The van der Waals surface area contributed by atoms with Crippen LogP contribution in [0.5, 0.6) is 0 Å². The molecule has 2 N–H and O–H groups in total. The van der Waals surface area contributed by atoms with Crippen molar-refractivity contribution in [1.82, 2.24) is 5.32 Å². The van der Waals surface area contributed by atoms with Crippen molar-refractivity contribution in [1.29, 1.82) is 0 Å². The van der Waals surface area contributed by atoms with E-state index in [1.54, 1.807) is 13.2 Å². The van der Waals surface area contributed by atoms with Gasteiger partial charge >= 0.3 is 5.97 Å². The fourth-order valence-corrected chi connectivity index (χ4v) is 2.62. The number of hydrogen-bond donors (Lipinski definition) is 2.